The number of esters is 1. The van der Waals surface area contributed by atoms with E-state index in [1.807, 2.05) is 6.08 Å². The van der Waals surface area contributed by atoms with Crippen molar-refractivity contribution in [3.8, 4) is 0 Å². The second-order valence-corrected chi connectivity index (χ2v) is 3.49. The summed E-state index contributed by atoms with van der Waals surface area (Å²) in [6, 6.07) is 0. The predicted molar refractivity (Wildman–Crippen MR) is 52.7 cm³/mol. The molecule has 0 N–H and O–H groups in total. The molecule has 1 aliphatic rings. The summed E-state index contributed by atoms with van der Waals surface area (Å²) < 4.78 is 4.76. The molecule has 0 bridgehead atoms. The van der Waals surface area contributed by atoms with Crippen molar-refractivity contribution in [1.29, 1.82) is 0 Å². The topological polar surface area (TPSA) is 43.4 Å². The number of carbonyl (C=O) groups excluding carboxylic acids is 2. The van der Waals surface area contributed by atoms with Crippen molar-refractivity contribution < 1.29 is 14.3 Å². The number of Topliss-reactive ketones (excluding diaryl/α,β-unsaturated/α-hetero) is 1. The van der Waals surface area contributed by atoms with Gasteiger partial charge in [0.2, 0.25) is 0 Å². The molecule has 0 radical (unpaired) electrons. The zero-order valence-electron chi connectivity index (χ0n) is 8.49. The molecule has 1 saturated carbocycles. The molecule has 0 aromatic heterocycles. The number of ketones is 1. The molecule has 1 rings (SSSR count). The maximum atomic E-state index is 11.0. The summed E-state index contributed by atoms with van der Waals surface area (Å²) in [5.41, 5.74) is 0. The first-order valence-electron chi connectivity index (χ1n) is 5.09. The van der Waals surface area contributed by atoms with Gasteiger partial charge in [-0.15, -0.1) is 0 Å². The first-order valence-corrected chi connectivity index (χ1v) is 5.09. The first-order chi connectivity index (χ1) is 6.72. The van der Waals surface area contributed by atoms with Gasteiger partial charge in [-0.1, -0.05) is 6.08 Å². The maximum Gasteiger partial charge on any atom is 0.330 e. The Labute approximate surface area is 84.1 Å². The summed E-state index contributed by atoms with van der Waals surface area (Å²) in [7, 11) is 0. The lowest BCUT2D eigenvalue weighted by Gasteiger charge is -2.16. The van der Waals surface area contributed by atoms with Crippen molar-refractivity contribution in [3.63, 3.8) is 0 Å². The van der Waals surface area contributed by atoms with Crippen LogP contribution in [0.3, 0.4) is 0 Å². The highest BCUT2D eigenvalue weighted by Gasteiger charge is 2.16. The zero-order valence-corrected chi connectivity index (χ0v) is 8.49. The number of rotatable bonds is 3. The Morgan fingerprint density at radius 1 is 1.50 bits per heavy atom. The second-order valence-electron chi connectivity index (χ2n) is 3.49. The first kappa shape index (κ1) is 11.0. The van der Waals surface area contributed by atoms with Gasteiger partial charge in [-0.25, -0.2) is 4.79 Å². The number of carbonyl (C=O) groups is 2. The summed E-state index contributed by atoms with van der Waals surface area (Å²) in [5.74, 6) is 0.423. The molecule has 1 aliphatic carbocycles. The molecule has 0 spiro atoms. The van der Waals surface area contributed by atoms with E-state index in [0.29, 0.717) is 31.1 Å². The Bertz CT molecular complexity index is 233. The van der Waals surface area contributed by atoms with Crippen molar-refractivity contribution in [2.75, 3.05) is 6.61 Å². The minimum Gasteiger partial charge on any atom is -0.463 e. The van der Waals surface area contributed by atoms with Crippen LogP contribution in [-0.2, 0) is 14.3 Å². The van der Waals surface area contributed by atoms with Crippen LogP contribution in [0.2, 0.25) is 0 Å². The molecular formula is C11H16O3. The van der Waals surface area contributed by atoms with Crippen LogP contribution >= 0.6 is 0 Å². The van der Waals surface area contributed by atoms with E-state index < -0.39 is 0 Å². The van der Waals surface area contributed by atoms with E-state index in [4.69, 9.17) is 4.74 Å². The largest absolute Gasteiger partial charge is 0.463 e. The molecule has 14 heavy (non-hydrogen) atoms. The summed E-state index contributed by atoms with van der Waals surface area (Å²) in [6.07, 6.45) is 6.38. The van der Waals surface area contributed by atoms with Crippen LogP contribution in [0.4, 0.5) is 0 Å². The van der Waals surface area contributed by atoms with Gasteiger partial charge in [0, 0.05) is 18.9 Å². The molecule has 0 aliphatic heterocycles. The van der Waals surface area contributed by atoms with Crippen LogP contribution in [0.25, 0.3) is 0 Å². The lowest BCUT2D eigenvalue weighted by Crippen LogP contribution is -2.12. The Kier molecular flexibility index (Phi) is 4.36. The Hall–Kier alpha value is -1.12. The van der Waals surface area contributed by atoms with Crippen LogP contribution in [-0.4, -0.2) is 18.4 Å². The van der Waals surface area contributed by atoms with Crippen LogP contribution < -0.4 is 0 Å². The van der Waals surface area contributed by atoms with Crippen LogP contribution in [0.15, 0.2) is 12.2 Å². The van der Waals surface area contributed by atoms with E-state index in [0.717, 1.165) is 12.8 Å². The molecule has 0 amide bonds. The molecule has 0 aromatic carbocycles. The molecule has 0 unspecified atom stereocenters. The highest BCUT2D eigenvalue weighted by Crippen LogP contribution is 2.22. The van der Waals surface area contributed by atoms with Gasteiger partial charge < -0.3 is 4.74 Å². The molecule has 1 fully saturated rings. The van der Waals surface area contributed by atoms with Crippen LogP contribution in [0, 0.1) is 5.92 Å². The quantitative estimate of drug-likeness (QED) is 0.511. The molecule has 0 heterocycles. The monoisotopic (exact) mass is 196 g/mol. The smallest absolute Gasteiger partial charge is 0.330 e. The predicted octanol–water partition coefficient (Wildman–Crippen LogP) is 1.86. The normalized spacial score (nSPS) is 18.8. The third-order valence-electron chi connectivity index (χ3n) is 2.38. The number of hydrogen-bond donors (Lipinski definition) is 0. The summed E-state index contributed by atoms with van der Waals surface area (Å²) >= 11 is 0. The Morgan fingerprint density at radius 3 is 2.71 bits per heavy atom. The van der Waals surface area contributed by atoms with Crippen molar-refractivity contribution in [2.45, 2.75) is 32.6 Å². The summed E-state index contributed by atoms with van der Waals surface area (Å²) in [5, 5.41) is 0. The number of ether oxygens (including phenoxy) is 1. The Morgan fingerprint density at radius 2 is 2.14 bits per heavy atom. The van der Waals surface area contributed by atoms with E-state index in [-0.39, 0.29) is 5.97 Å². The van der Waals surface area contributed by atoms with Gasteiger partial charge in [0.1, 0.15) is 5.78 Å². The van der Waals surface area contributed by atoms with Gasteiger partial charge in [-0.05, 0) is 25.7 Å². The summed E-state index contributed by atoms with van der Waals surface area (Å²) in [4.78, 5) is 21.9. The highest BCUT2D eigenvalue weighted by atomic mass is 16.5. The van der Waals surface area contributed by atoms with Crippen molar-refractivity contribution >= 4 is 11.8 Å². The van der Waals surface area contributed by atoms with Gasteiger partial charge in [-0.3, -0.25) is 4.79 Å². The number of hydrogen-bond acceptors (Lipinski definition) is 3. The molecule has 3 heteroatoms. The van der Waals surface area contributed by atoms with E-state index >= 15 is 0 Å². The minimum atomic E-state index is -0.288. The lowest BCUT2D eigenvalue weighted by atomic mass is 9.88. The maximum absolute atomic E-state index is 11.0. The number of allylic oxidation sites excluding steroid dienone is 1. The van der Waals surface area contributed by atoms with Gasteiger partial charge in [0.05, 0.1) is 6.61 Å². The van der Waals surface area contributed by atoms with E-state index in [2.05, 4.69) is 0 Å². The fourth-order valence-corrected chi connectivity index (χ4v) is 1.56. The standard InChI is InChI=1S/C11H16O3/c1-2-14-11(13)8-5-9-3-6-10(12)7-4-9/h5,8-9H,2-4,6-7H2,1H3/b8-5+. The van der Waals surface area contributed by atoms with Gasteiger partial charge in [0.15, 0.2) is 0 Å². The fourth-order valence-electron chi connectivity index (χ4n) is 1.56. The van der Waals surface area contributed by atoms with E-state index in [1.165, 1.54) is 6.08 Å². The molecule has 3 nitrogen and oxygen atoms in total. The van der Waals surface area contributed by atoms with E-state index in [9.17, 15) is 9.59 Å². The fraction of sp³-hybridized carbons (Fsp3) is 0.636. The molecule has 0 saturated heterocycles. The molecule has 0 aromatic rings. The summed E-state index contributed by atoms with van der Waals surface area (Å²) in [6.45, 7) is 2.19. The van der Waals surface area contributed by atoms with Crippen LogP contribution in [0.1, 0.15) is 32.6 Å². The molecular weight excluding hydrogens is 180 g/mol. The van der Waals surface area contributed by atoms with Gasteiger partial charge >= 0.3 is 5.97 Å². The van der Waals surface area contributed by atoms with Crippen molar-refractivity contribution in [2.24, 2.45) is 5.92 Å². The van der Waals surface area contributed by atoms with Gasteiger partial charge in [-0.2, -0.15) is 0 Å². The second kappa shape index (κ2) is 5.58. The van der Waals surface area contributed by atoms with Gasteiger partial charge in [0.25, 0.3) is 0 Å². The average molecular weight is 196 g/mol. The SMILES string of the molecule is CCOC(=O)/C=C/C1CCC(=O)CC1. The van der Waals surface area contributed by atoms with Crippen LogP contribution in [0.5, 0.6) is 0 Å². The van der Waals surface area contributed by atoms with Crippen molar-refractivity contribution in [1.82, 2.24) is 0 Å². The third-order valence-corrected chi connectivity index (χ3v) is 2.38. The molecule has 0 atom stereocenters. The molecule has 78 valence electrons. The zero-order chi connectivity index (χ0) is 10.4. The lowest BCUT2D eigenvalue weighted by molar-refractivity contribution is -0.137. The third kappa shape index (κ3) is 3.73. The van der Waals surface area contributed by atoms with Crippen molar-refractivity contribution in [3.05, 3.63) is 12.2 Å². The minimum absolute atomic E-state index is 0.288. The Balaban J connectivity index is 2.30. The highest BCUT2D eigenvalue weighted by molar-refractivity contribution is 5.82. The average Bonchev–Trinajstić information content (AvgIpc) is 2.17. The van der Waals surface area contributed by atoms with E-state index in [1.54, 1.807) is 6.92 Å².